The van der Waals surface area contributed by atoms with Crippen molar-refractivity contribution in [3.05, 3.63) is 64.1 Å². The van der Waals surface area contributed by atoms with E-state index in [2.05, 4.69) is 15.3 Å². The molecule has 0 aromatic carbocycles. The Hall–Kier alpha value is -3.60. The molecule has 0 aliphatic carbocycles. The molecule has 0 radical (unpaired) electrons. The number of anilines is 1. The average Bonchev–Trinajstić information content (AvgIpc) is 3.14. The van der Waals surface area contributed by atoms with Crippen LogP contribution in [0.15, 0.2) is 41.6 Å². The minimum absolute atomic E-state index is 0.144. The topological polar surface area (TPSA) is 112 Å². The van der Waals surface area contributed by atoms with Crippen molar-refractivity contribution >= 4 is 17.2 Å². The summed E-state index contributed by atoms with van der Waals surface area (Å²) in [7, 11) is 0. The number of esters is 1. The lowest BCUT2D eigenvalue weighted by molar-refractivity contribution is 0.0529. The highest BCUT2D eigenvalue weighted by Gasteiger charge is 2.23. The number of carbonyl (C=O) groups is 1. The van der Waals surface area contributed by atoms with Gasteiger partial charge in [0.05, 0.1) is 24.4 Å². The second kappa shape index (κ2) is 6.88. The molecule has 0 saturated carbocycles. The van der Waals surface area contributed by atoms with E-state index in [0.717, 1.165) is 0 Å². The van der Waals surface area contributed by atoms with Crippen LogP contribution in [-0.2, 0) is 11.3 Å². The summed E-state index contributed by atoms with van der Waals surface area (Å²) in [5.74, 6) is -0.00314. The van der Waals surface area contributed by atoms with Crippen LogP contribution in [0.25, 0.3) is 5.52 Å². The number of aromatic nitrogens is 3. The maximum atomic E-state index is 12.6. The van der Waals surface area contributed by atoms with Crippen LogP contribution >= 0.6 is 0 Å². The Kier molecular flexibility index (Phi) is 4.48. The monoisotopic (exact) mass is 337 g/mol. The molecule has 3 heterocycles. The van der Waals surface area contributed by atoms with Crippen LogP contribution in [0.2, 0.25) is 0 Å². The first-order valence-electron chi connectivity index (χ1n) is 7.64. The number of pyridine rings is 2. The minimum Gasteiger partial charge on any atom is -0.462 e. The van der Waals surface area contributed by atoms with Crippen molar-refractivity contribution in [2.24, 2.45) is 0 Å². The molecule has 0 bridgehead atoms. The zero-order valence-electron chi connectivity index (χ0n) is 13.4. The number of fused-ring (bicyclic) bond motifs is 1. The Labute approximate surface area is 142 Å². The van der Waals surface area contributed by atoms with E-state index in [1.807, 2.05) is 6.07 Å². The van der Waals surface area contributed by atoms with Gasteiger partial charge in [0.25, 0.3) is 5.56 Å². The summed E-state index contributed by atoms with van der Waals surface area (Å²) in [6.45, 7) is 2.09. The molecule has 8 heteroatoms. The third kappa shape index (κ3) is 2.95. The van der Waals surface area contributed by atoms with E-state index >= 15 is 0 Å². The highest BCUT2D eigenvalue weighted by molar-refractivity contribution is 6.04. The molecule has 3 aromatic rings. The largest absolute Gasteiger partial charge is 0.462 e. The molecule has 0 aliphatic rings. The Morgan fingerprint density at radius 3 is 3.00 bits per heavy atom. The molecule has 2 N–H and O–H groups in total. The number of hydrogen-bond acceptors (Lipinski definition) is 6. The number of imidazole rings is 1. The molecule has 0 amide bonds. The summed E-state index contributed by atoms with van der Waals surface area (Å²) in [4.78, 5) is 32.1. The second-order valence-electron chi connectivity index (χ2n) is 5.11. The van der Waals surface area contributed by atoms with Crippen molar-refractivity contribution in [1.29, 1.82) is 5.26 Å². The van der Waals surface area contributed by atoms with Gasteiger partial charge in [-0.05, 0) is 19.1 Å². The van der Waals surface area contributed by atoms with E-state index in [9.17, 15) is 14.9 Å². The number of aromatic amines is 1. The molecule has 3 rings (SSSR count). The third-order valence-electron chi connectivity index (χ3n) is 3.63. The van der Waals surface area contributed by atoms with Crippen LogP contribution in [0.5, 0.6) is 0 Å². The first-order chi connectivity index (χ1) is 12.2. The third-order valence-corrected chi connectivity index (χ3v) is 3.63. The summed E-state index contributed by atoms with van der Waals surface area (Å²) < 4.78 is 6.39. The Balaban J connectivity index is 2.24. The van der Waals surface area contributed by atoms with Crippen LogP contribution < -0.4 is 10.9 Å². The number of hydrogen-bond donors (Lipinski definition) is 2. The summed E-state index contributed by atoms with van der Waals surface area (Å²) in [6, 6.07) is 6.88. The standard InChI is InChI=1S/C17H15N5O3/c1-2-25-17(24)14-12-5-3-4-8-22(12)16(23)11(9-18)15(14)21-10-13-19-6-7-20-13/h3-8,21H,2,10H2,1H3,(H,19,20). The lowest BCUT2D eigenvalue weighted by Crippen LogP contribution is -2.24. The van der Waals surface area contributed by atoms with Gasteiger partial charge < -0.3 is 15.0 Å². The Bertz CT molecular complexity index is 1020. The lowest BCUT2D eigenvalue weighted by Gasteiger charge is -2.15. The van der Waals surface area contributed by atoms with Crippen molar-refractivity contribution in [2.75, 3.05) is 11.9 Å². The summed E-state index contributed by atoms with van der Waals surface area (Å²) in [6.07, 6.45) is 4.75. The maximum Gasteiger partial charge on any atom is 0.342 e. The smallest absolute Gasteiger partial charge is 0.342 e. The van der Waals surface area contributed by atoms with Gasteiger partial charge in [-0.25, -0.2) is 9.78 Å². The number of nitrogens with zero attached hydrogens (tertiary/aromatic N) is 3. The molecular formula is C17H15N5O3. The fourth-order valence-electron chi connectivity index (χ4n) is 2.56. The molecule has 25 heavy (non-hydrogen) atoms. The van der Waals surface area contributed by atoms with E-state index in [-0.39, 0.29) is 30.0 Å². The fourth-order valence-corrected chi connectivity index (χ4v) is 2.56. The molecule has 0 atom stereocenters. The van der Waals surface area contributed by atoms with E-state index in [4.69, 9.17) is 4.74 Å². The predicted molar refractivity (Wildman–Crippen MR) is 90.3 cm³/mol. The number of ether oxygens (including phenoxy) is 1. The first kappa shape index (κ1) is 16.3. The summed E-state index contributed by atoms with van der Waals surface area (Å²) in [5, 5.41) is 12.5. The number of nitriles is 1. The van der Waals surface area contributed by atoms with Crippen molar-refractivity contribution in [1.82, 2.24) is 14.4 Å². The number of H-pyrrole nitrogens is 1. The van der Waals surface area contributed by atoms with E-state index in [1.54, 1.807) is 37.5 Å². The predicted octanol–water partition coefficient (Wildman–Crippen LogP) is 1.68. The number of nitrogens with one attached hydrogen (secondary N) is 2. The zero-order chi connectivity index (χ0) is 17.8. The SMILES string of the molecule is CCOC(=O)c1c(NCc2ncc[nH]2)c(C#N)c(=O)n2ccccc12. The highest BCUT2D eigenvalue weighted by Crippen LogP contribution is 2.24. The molecule has 126 valence electrons. The quantitative estimate of drug-likeness (QED) is 0.685. The van der Waals surface area contributed by atoms with Gasteiger partial charge in [-0.15, -0.1) is 0 Å². The van der Waals surface area contributed by atoms with Crippen LogP contribution in [0, 0.1) is 11.3 Å². The zero-order valence-corrected chi connectivity index (χ0v) is 13.4. The minimum atomic E-state index is -0.607. The summed E-state index contributed by atoms with van der Waals surface area (Å²) >= 11 is 0. The van der Waals surface area contributed by atoms with Crippen LogP contribution in [0.4, 0.5) is 5.69 Å². The number of rotatable bonds is 5. The maximum absolute atomic E-state index is 12.6. The van der Waals surface area contributed by atoms with Crippen LogP contribution in [-0.4, -0.2) is 26.9 Å². The van der Waals surface area contributed by atoms with Crippen LogP contribution in [0.3, 0.4) is 0 Å². The normalized spacial score (nSPS) is 10.4. The molecule has 0 fully saturated rings. The van der Waals surface area contributed by atoms with Crippen molar-refractivity contribution < 1.29 is 9.53 Å². The Morgan fingerprint density at radius 2 is 2.32 bits per heavy atom. The van der Waals surface area contributed by atoms with Gasteiger partial charge in [0.1, 0.15) is 23.0 Å². The average molecular weight is 337 g/mol. The van der Waals surface area contributed by atoms with Gasteiger partial charge in [0.2, 0.25) is 0 Å². The summed E-state index contributed by atoms with van der Waals surface area (Å²) in [5.41, 5.74) is -0.00277. The molecule has 8 nitrogen and oxygen atoms in total. The molecular weight excluding hydrogens is 322 g/mol. The Morgan fingerprint density at radius 1 is 1.48 bits per heavy atom. The fraction of sp³-hybridized carbons (Fsp3) is 0.176. The van der Waals surface area contributed by atoms with Crippen molar-refractivity contribution in [3.63, 3.8) is 0 Å². The molecule has 3 aromatic heterocycles. The molecule has 0 saturated heterocycles. The van der Waals surface area contributed by atoms with Gasteiger partial charge >= 0.3 is 5.97 Å². The van der Waals surface area contributed by atoms with E-state index in [1.165, 1.54) is 10.6 Å². The second-order valence-corrected chi connectivity index (χ2v) is 5.11. The van der Waals surface area contributed by atoms with E-state index in [0.29, 0.717) is 11.3 Å². The van der Waals surface area contributed by atoms with Gasteiger partial charge in [-0.1, -0.05) is 6.07 Å². The van der Waals surface area contributed by atoms with Gasteiger partial charge in [-0.2, -0.15) is 5.26 Å². The van der Waals surface area contributed by atoms with Gasteiger partial charge in [0.15, 0.2) is 0 Å². The van der Waals surface area contributed by atoms with Gasteiger partial charge in [-0.3, -0.25) is 9.20 Å². The first-order valence-corrected chi connectivity index (χ1v) is 7.64. The van der Waals surface area contributed by atoms with Gasteiger partial charge in [0, 0.05) is 18.6 Å². The number of carbonyl (C=O) groups excluding carboxylic acids is 1. The van der Waals surface area contributed by atoms with Crippen LogP contribution in [0.1, 0.15) is 28.7 Å². The van der Waals surface area contributed by atoms with E-state index < -0.39 is 11.5 Å². The molecule has 0 aliphatic heterocycles. The molecule has 0 spiro atoms. The lowest BCUT2D eigenvalue weighted by atomic mass is 10.1. The van der Waals surface area contributed by atoms with Crippen molar-refractivity contribution in [3.8, 4) is 6.07 Å². The molecule has 0 unspecified atom stereocenters. The highest BCUT2D eigenvalue weighted by atomic mass is 16.5. The van der Waals surface area contributed by atoms with Crippen molar-refractivity contribution in [2.45, 2.75) is 13.5 Å².